The minimum atomic E-state index is -1.44. The van der Waals surface area contributed by atoms with E-state index in [0.717, 1.165) is 11.0 Å². The zero-order valence-corrected chi connectivity index (χ0v) is 20.0. The molecule has 0 saturated heterocycles. The monoisotopic (exact) mass is 501 g/mol. The molecule has 0 aliphatic carbocycles. The van der Waals surface area contributed by atoms with Gasteiger partial charge >= 0.3 is 5.97 Å². The van der Waals surface area contributed by atoms with Crippen molar-refractivity contribution in [3.8, 4) is 11.1 Å². The first-order chi connectivity index (χ1) is 16.8. The first kappa shape index (κ1) is 26.6. The lowest BCUT2D eigenvalue weighted by atomic mass is 10.0. The third-order valence-electron chi connectivity index (χ3n) is 5.01. The molecule has 36 heavy (non-hydrogen) atoms. The number of nitrogens with zero attached hydrogens (tertiary/aromatic N) is 1. The maximum atomic E-state index is 14.4. The van der Waals surface area contributed by atoms with Gasteiger partial charge in [-0.15, -0.1) is 0 Å². The second kappa shape index (κ2) is 10.3. The van der Waals surface area contributed by atoms with Crippen LogP contribution in [0.1, 0.15) is 48.4 Å². The minimum absolute atomic E-state index is 0.0440. The van der Waals surface area contributed by atoms with Crippen LogP contribution >= 0.6 is 0 Å². The Labute approximate surface area is 205 Å². The van der Waals surface area contributed by atoms with Crippen LogP contribution in [0.3, 0.4) is 0 Å². The highest BCUT2D eigenvalue weighted by Crippen LogP contribution is 2.29. The van der Waals surface area contributed by atoms with Crippen molar-refractivity contribution in [3.05, 3.63) is 89.0 Å². The largest absolute Gasteiger partial charge is 0.459 e. The molecule has 5 nitrogen and oxygen atoms in total. The first-order valence-electron chi connectivity index (χ1n) is 10.9. The molecular weight excluding hydrogens is 478 g/mol. The van der Waals surface area contributed by atoms with Crippen LogP contribution in [0.2, 0.25) is 0 Å². The Hall–Kier alpha value is -4.01. The summed E-state index contributed by atoms with van der Waals surface area (Å²) in [5.41, 5.74) is -1.27. The summed E-state index contributed by atoms with van der Waals surface area (Å²) in [5.74, 6) is -7.40. The van der Waals surface area contributed by atoms with Crippen LogP contribution in [0.4, 0.5) is 23.2 Å². The zero-order chi connectivity index (χ0) is 26.8. The first-order valence-corrected chi connectivity index (χ1v) is 10.9. The molecule has 0 aliphatic rings. The van der Waals surface area contributed by atoms with Gasteiger partial charge in [0, 0.05) is 17.8 Å². The molecule has 0 unspecified atom stereocenters. The van der Waals surface area contributed by atoms with E-state index >= 15 is 0 Å². The van der Waals surface area contributed by atoms with Crippen LogP contribution in [0.5, 0.6) is 0 Å². The predicted molar refractivity (Wildman–Crippen MR) is 126 cm³/mol. The fraction of sp³-hybridized carbons (Fsp3) is 0.222. The number of hydrogen-bond acceptors (Lipinski definition) is 4. The Balaban J connectivity index is 2.08. The van der Waals surface area contributed by atoms with E-state index in [1.165, 1.54) is 37.3 Å². The zero-order valence-electron chi connectivity index (χ0n) is 20.0. The lowest BCUT2D eigenvalue weighted by molar-refractivity contribution is -0.152. The fourth-order valence-corrected chi connectivity index (χ4v) is 3.50. The van der Waals surface area contributed by atoms with Gasteiger partial charge in [0.1, 0.15) is 41.0 Å². The van der Waals surface area contributed by atoms with Crippen molar-refractivity contribution < 1.29 is 36.7 Å². The molecule has 9 heteroatoms. The molecular formula is C27H23F4NO4. The van der Waals surface area contributed by atoms with Crippen molar-refractivity contribution in [2.45, 2.75) is 33.3 Å². The number of benzene rings is 3. The number of amides is 1. The Bertz CT molecular complexity index is 1320. The highest BCUT2D eigenvalue weighted by atomic mass is 19.1. The van der Waals surface area contributed by atoms with Crippen LogP contribution in [-0.4, -0.2) is 29.8 Å². The van der Waals surface area contributed by atoms with Crippen LogP contribution in [0.25, 0.3) is 11.1 Å². The van der Waals surface area contributed by atoms with E-state index in [1.54, 1.807) is 26.8 Å². The molecule has 188 valence electrons. The molecule has 3 aromatic rings. The number of ketones is 1. The lowest BCUT2D eigenvalue weighted by Gasteiger charge is -2.26. The van der Waals surface area contributed by atoms with Gasteiger partial charge in [0.2, 0.25) is 0 Å². The summed E-state index contributed by atoms with van der Waals surface area (Å²) < 4.78 is 61.9. The second-order valence-corrected chi connectivity index (χ2v) is 9.02. The Morgan fingerprint density at radius 3 is 2.00 bits per heavy atom. The molecule has 0 atom stereocenters. The van der Waals surface area contributed by atoms with Gasteiger partial charge in [0.15, 0.2) is 5.78 Å². The average molecular weight is 501 g/mol. The number of ether oxygens (including phenoxy) is 1. The molecule has 0 fully saturated rings. The number of halogens is 4. The maximum Gasteiger partial charge on any atom is 0.326 e. The molecule has 3 aromatic carbocycles. The Morgan fingerprint density at radius 2 is 1.44 bits per heavy atom. The minimum Gasteiger partial charge on any atom is -0.459 e. The van der Waals surface area contributed by atoms with Gasteiger partial charge in [-0.25, -0.2) is 17.6 Å². The molecule has 3 rings (SSSR count). The summed E-state index contributed by atoms with van der Waals surface area (Å²) >= 11 is 0. The summed E-state index contributed by atoms with van der Waals surface area (Å²) in [4.78, 5) is 38.1. The predicted octanol–water partition coefficient (Wildman–Crippen LogP) is 6.10. The molecule has 0 aromatic heterocycles. The van der Waals surface area contributed by atoms with Crippen LogP contribution in [-0.2, 0) is 9.53 Å². The van der Waals surface area contributed by atoms with Crippen LogP contribution in [0, 0.1) is 23.3 Å². The van der Waals surface area contributed by atoms with Gasteiger partial charge in [-0.05, 0) is 63.1 Å². The lowest BCUT2D eigenvalue weighted by Crippen LogP contribution is -2.39. The van der Waals surface area contributed by atoms with Crippen molar-refractivity contribution in [2.75, 3.05) is 11.4 Å². The maximum absolute atomic E-state index is 14.4. The molecule has 0 saturated carbocycles. The Morgan fingerprint density at radius 1 is 0.833 bits per heavy atom. The molecule has 0 spiro atoms. The number of anilines is 1. The summed E-state index contributed by atoms with van der Waals surface area (Å²) in [5, 5.41) is 0. The van der Waals surface area contributed by atoms with Gasteiger partial charge < -0.3 is 4.74 Å². The number of carbonyl (C=O) groups is 3. The standard InChI is InChI=1S/C27H23F4NO4/c1-15(33)20-9-8-17(11-21(20)29)16-6-5-7-19(10-16)32(14-24(34)36-27(2,3)4)26(35)25-22(30)12-18(28)13-23(25)31/h5-13H,14H2,1-4H3. The summed E-state index contributed by atoms with van der Waals surface area (Å²) in [6.45, 7) is 5.34. The topological polar surface area (TPSA) is 63.7 Å². The molecule has 0 N–H and O–H groups in total. The number of hydrogen-bond donors (Lipinski definition) is 0. The average Bonchev–Trinajstić information content (AvgIpc) is 2.75. The van der Waals surface area contributed by atoms with E-state index in [1.807, 2.05) is 0 Å². The SMILES string of the molecule is CC(=O)c1ccc(-c2cccc(N(CC(=O)OC(C)(C)C)C(=O)c3c(F)cc(F)cc3F)c2)cc1F. The third kappa shape index (κ3) is 6.16. The third-order valence-corrected chi connectivity index (χ3v) is 5.01. The van der Waals surface area contributed by atoms with Crippen molar-refractivity contribution in [3.63, 3.8) is 0 Å². The van der Waals surface area contributed by atoms with Gasteiger partial charge in [-0.2, -0.15) is 0 Å². The van der Waals surface area contributed by atoms with Crippen molar-refractivity contribution in [2.24, 2.45) is 0 Å². The van der Waals surface area contributed by atoms with Gasteiger partial charge in [-0.3, -0.25) is 19.3 Å². The van der Waals surface area contributed by atoms with E-state index in [-0.39, 0.29) is 11.3 Å². The summed E-state index contributed by atoms with van der Waals surface area (Å²) in [6.07, 6.45) is 0. The van der Waals surface area contributed by atoms with E-state index in [9.17, 15) is 31.9 Å². The van der Waals surface area contributed by atoms with Crippen molar-refractivity contribution in [1.29, 1.82) is 0 Å². The summed E-state index contributed by atoms with van der Waals surface area (Å²) in [7, 11) is 0. The Kier molecular flexibility index (Phi) is 7.62. The number of Topliss-reactive ketones (excluding diaryl/α,β-unsaturated/α-hetero) is 1. The van der Waals surface area contributed by atoms with Crippen molar-refractivity contribution >= 4 is 23.3 Å². The molecule has 0 heterocycles. The van der Waals surface area contributed by atoms with E-state index in [0.29, 0.717) is 23.3 Å². The van der Waals surface area contributed by atoms with Crippen LogP contribution in [0.15, 0.2) is 54.6 Å². The smallest absolute Gasteiger partial charge is 0.326 e. The summed E-state index contributed by atoms with van der Waals surface area (Å²) in [6, 6.07) is 10.6. The van der Waals surface area contributed by atoms with Crippen molar-refractivity contribution in [1.82, 2.24) is 0 Å². The van der Waals surface area contributed by atoms with E-state index in [2.05, 4.69) is 0 Å². The van der Waals surface area contributed by atoms with Crippen LogP contribution < -0.4 is 4.90 Å². The number of carbonyl (C=O) groups excluding carboxylic acids is 3. The van der Waals surface area contributed by atoms with Gasteiger partial charge in [0.25, 0.3) is 5.91 Å². The van der Waals surface area contributed by atoms with E-state index < -0.39 is 58.6 Å². The highest BCUT2D eigenvalue weighted by molar-refractivity contribution is 6.09. The number of rotatable bonds is 6. The van der Waals surface area contributed by atoms with E-state index in [4.69, 9.17) is 4.74 Å². The molecule has 1 amide bonds. The molecule has 0 bridgehead atoms. The second-order valence-electron chi connectivity index (χ2n) is 9.02. The fourth-order valence-electron chi connectivity index (χ4n) is 3.50. The molecule has 0 aliphatic heterocycles. The number of esters is 1. The van der Waals surface area contributed by atoms with Gasteiger partial charge in [-0.1, -0.05) is 18.2 Å². The molecule has 0 radical (unpaired) electrons. The quantitative estimate of drug-likeness (QED) is 0.233. The normalized spacial score (nSPS) is 11.2. The highest BCUT2D eigenvalue weighted by Gasteiger charge is 2.29. The van der Waals surface area contributed by atoms with Gasteiger partial charge in [0.05, 0.1) is 5.56 Å².